The van der Waals surface area contributed by atoms with Crippen molar-refractivity contribution in [1.82, 2.24) is 15.1 Å². The Morgan fingerprint density at radius 1 is 1.25 bits per heavy atom. The summed E-state index contributed by atoms with van der Waals surface area (Å²) in [6.07, 6.45) is 10.1. The van der Waals surface area contributed by atoms with E-state index >= 15 is 0 Å². The highest BCUT2D eigenvalue weighted by atomic mass is 16.2. The first-order valence-corrected chi connectivity index (χ1v) is 7.61. The number of hydrogen-bond donors (Lipinski definition) is 2. The van der Waals surface area contributed by atoms with E-state index in [1.54, 1.807) is 41.4 Å². The average molecular weight is 324 g/mol. The van der Waals surface area contributed by atoms with Gasteiger partial charge in [-0.2, -0.15) is 5.10 Å². The largest absolute Gasteiger partial charge is 0.348 e. The SMILES string of the molecule is C/C=C/C=C\C(=O)NCc1cccc(NC(=O)Cn2cccn2)c1. The third-order valence-electron chi connectivity index (χ3n) is 3.09. The normalized spacial score (nSPS) is 11.0. The van der Waals surface area contributed by atoms with Gasteiger partial charge >= 0.3 is 0 Å². The molecule has 0 saturated heterocycles. The first kappa shape index (κ1) is 17.2. The van der Waals surface area contributed by atoms with Crippen LogP contribution >= 0.6 is 0 Å². The monoisotopic (exact) mass is 324 g/mol. The summed E-state index contributed by atoms with van der Waals surface area (Å²) in [5, 5.41) is 9.59. The molecule has 124 valence electrons. The minimum atomic E-state index is -0.166. The fraction of sp³-hybridized carbons (Fsp3) is 0.167. The molecule has 2 N–H and O–H groups in total. The van der Waals surface area contributed by atoms with Crippen molar-refractivity contribution in [1.29, 1.82) is 0 Å². The Balaban J connectivity index is 1.86. The standard InChI is InChI=1S/C18H20N4O2/c1-2-3-4-9-17(23)19-13-15-7-5-8-16(12-15)21-18(24)14-22-11-6-10-20-22/h2-12H,13-14H2,1H3,(H,19,23)(H,21,24)/b3-2+,9-4-. The van der Waals surface area contributed by atoms with Gasteiger partial charge < -0.3 is 10.6 Å². The molecule has 0 atom stereocenters. The summed E-state index contributed by atoms with van der Waals surface area (Å²) in [6.45, 7) is 2.43. The van der Waals surface area contributed by atoms with Crippen LogP contribution in [-0.2, 0) is 22.7 Å². The number of carbonyl (C=O) groups excluding carboxylic acids is 2. The second kappa shape index (κ2) is 9.09. The van der Waals surface area contributed by atoms with Gasteiger partial charge in [0.25, 0.3) is 0 Å². The molecular weight excluding hydrogens is 304 g/mol. The van der Waals surface area contributed by atoms with E-state index in [1.165, 1.54) is 6.08 Å². The summed E-state index contributed by atoms with van der Waals surface area (Å²) in [5.74, 6) is -0.324. The molecule has 1 aromatic heterocycles. The predicted octanol–water partition coefficient (Wildman–Crippen LogP) is 2.27. The minimum Gasteiger partial charge on any atom is -0.348 e. The molecule has 0 saturated carbocycles. The second-order valence-corrected chi connectivity index (χ2v) is 5.05. The quantitative estimate of drug-likeness (QED) is 0.606. The van der Waals surface area contributed by atoms with Gasteiger partial charge in [0.1, 0.15) is 6.54 Å². The zero-order valence-corrected chi connectivity index (χ0v) is 13.5. The van der Waals surface area contributed by atoms with Crippen molar-refractivity contribution in [2.24, 2.45) is 0 Å². The lowest BCUT2D eigenvalue weighted by atomic mass is 10.2. The van der Waals surface area contributed by atoms with Crippen LogP contribution in [0.2, 0.25) is 0 Å². The number of nitrogens with one attached hydrogen (secondary N) is 2. The molecule has 1 aromatic carbocycles. The fourth-order valence-electron chi connectivity index (χ4n) is 2.00. The van der Waals surface area contributed by atoms with Crippen LogP contribution in [0.1, 0.15) is 12.5 Å². The maximum absolute atomic E-state index is 11.9. The zero-order valence-electron chi connectivity index (χ0n) is 13.5. The number of hydrogen-bond acceptors (Lipinski definition) is 3. The maximum atomic E-state index is 11.9. The third-order valence-corrected chi connectivity index (χ3v) is 3.09. The predicted molar refractivity (Wildman–Crippen MR) is 93.1 cm³/mol. The van der Waals surface area contributed by atoms with E-state index in [9.17, 15) is 9.59 Å². The average Bonchev–Trinajstić information content (AvgIpc) is 3.06. The van der Waals surface area contributed by atoms with Crippen molar-refractivity contribution in [3.63, 3.8) is 0 Å². The lowest BCUT2D eigenvalue weighted by Gasteiger charge is -2.08. The molecule has 0 aliphatic carbocycles. The molecule has 0 unspecified atom stereocenters. The number of carbonyl (C=O) groups is 2. The highest BCUT2D eigenvalue weighted by Gasteiger charge is 2.04. The van der Waals surface area contributed by atoms with Crippen molar-refractivity contribution >= 4 is 17.5 Å². The molecule has 0 aliphatic heterocycles. The first-order valence-electron chi connectivity index (χ1n) is 7.61. The van der Waals surface area contributed by atoms with Crippen LogP contribution in [0.25, 0.3) is 0 Å². The van der Waals surface area contributed by atoms with Gasteiger partial charge in [-0.3, -0.25) is 14.3 Å². The smallest absolute Gasteiger partial charge is 0.246 e. The number of rotatable bonds is 7. The van der Waals surface area contributed by atoms with E-state index in [-0.39, 0.29) is 18.4 Å². The molecular formula is C18H20N4O2. The lowest BCUT2D eigenvalue weighted by molar-refractivity contribution is -0.117. The van der Waals surface area contributed by atoms with Crippen LogP contribution in [0.3, 0.4) is 0 Å². The van der Waals surface area contributed by atoms with Crippen LogP contribution in [0.4, 0.5) is 5.69 Å². The molecule has 2 amide bonds. The third kappa shape index (κ3) is 5.92. The number of allylic oxidation sites excluding steroid dienone is 3. The highest BCUT2D eigenvalue weighted by molar-refractivity contribution is 5.90. The van der Waals surface area contributed by atoms with Crippen molar-refractivity contribution in [2.75, 3.05) is 5.32 Å². The topological polar surface area (TPSA) is 76.0 Å². The minimum absolute atomic E-state index is 0.156. The van der Waals surface area contributed by atoms with Gasteiger partial charge in [-0.15, -0.1) is 0 Å². The molecule has 0 spiro atoms. The number of nitrogens with zero attached hydrogens (tertiary/aromatic N) is 2. The molecule has 24 heavy (non-hydrogen) atoms. The van der Waals surface area contributed by atoms with E-state index in [2.05, 4.69) is 15.7 Å². The number of amides is 2. The fourth-order valence-corrected chi connectivity index (χ4v) is 2.00. The molecule has 0 aliphatic rings. The molecule has 6 nitrogen and oxygen atoms in total. The lowest BCUT2D eigenvalue weighted by Crippen LogP contribution is -2.21. The molecule has 0 bridgehead atoms. The second-order valence-electron chi connectivity index (χ2n) is 5.05. The van der Waals surface area contributed by atoms with E-state index in [0.29, 0.717) is 12.2 Å². The Hall–Kier alpha value is -3.15. The van der Waals surface area contributed by atoms with Gasteiger partial charge in [-0.25, -0.2) is 0 Å². The van der Waals surface area contributed by atoms with Crippen LogP contribution < -0.4 is 10.6 Å². The van der Waals surface area contributed by atoms with E-state index in [1.807, 2.05) is 31.2 Å². The Morgan fingerprint density at radius 2 is 2.12 bits per heavy atom. The van der Waals surface area contributed by atoms with Gasteiger partial charge in [0.15, 0.2) is 0 Å². The van der Waals surface area contributed by atoms with Gasteiger partial charge in [-0.05, 0) is 30.7 Å². The summed E-state index contributed by atoms with van der Waals surface area (Å²) >= 11 is 0. The van der Waals surface area contributed by atoms with Gasteiger partial charge in [0.2, 0.25) is 11.8 Å². The van der Waals surface area contributed by atoms with Crippen LogP contribution in [0, 0.1) is 0 Å². The highest BCUT2D eigenvalue weighted by Crippen LogP contribution is 2.10. The van der Waals surface area contributed by atoms with Crippen LogP contribution in [0.15, 0.2) is 67.0 Å². The zero-order chi connectivity index (χ0) is 17.2. The molecule has 1 heterocycles. The molecule has 6 heteroatoms. The molecule has 0 radical (unpaired) electrons. The van der Waals surface area contributed by atoms with Crippen molar-refractivity contribution in [3.8, 4) is 0 Å². The van der Waals surface area contributed by atoms with Crippen molar-refractivity contribution in [2.45, 2.75) is 20.0 Å². The van der Waals surface area contributed by atoms with E-state index < -0.39 is 0 Å². The van der Waals surface area contributed by atoms with Crippen LogP contribution in [0.5, 0.6) is 0 Å². The van der Waals surface area contributed by atoms with Gasteiger partial charge in [0, 0.05) is 30.7 Å². The Labute approximate surface area is 140 Å². The number of aromatic nitrogens is 2. The van der Waals surface area contributed by atoms with E-state index in [4.69, 9.17) is 0 Å². The van der Waals surface area contributed by atoms with Crippen molar-refractivity contribution < 1.29 is 9.59 Å². The number of benzene rings is 1. The summed E-state index contributed by atoms with van der Waals surface area (Å²) in [6, 6.07) is 9.12. The molecule has 2 rings (SSSR count). The number of anilines is 1. The van der Waals surface area contributed by atoms with Crippen LogP contribution in [-0.4, -0.2) is 21.6 Å². The molecule has 2 aromatic rings. The van der Waals surface area contributed by atoms with Gasteiger partial charge in [-0.1, -0.05) is 30.4 Å². The molecule has 0 fully saturated rings. The van der Waals surface area contributed by atoms with E-state index in [0.717, 1.165) is 5.56 Å². The Kier molecular flexibility index (Phi) is 6.52. The maximum Gasteiger partial charge on any atom is 0.246 e. The first-order chi connectivity index (χ1) is 11.7. The summed E-state index contributed by atoms with van der Waals surface area (Å²) in [5.41, 5.74) is 1.59. The van der Waals surface area contributed by atoms with Crippen molar-refractivity contribution in [3.05, 3.63) is 72.6 Å². The Morgan fingerprint density at radius 3 is 2.88 bits per heavy atom. The summed E-state index contributed by atoms with van der Waals surface area (Å²) < 4.78 is 1.55. The summed E-state index contributed by atoms with van der Waals surface area (Å²) in [4.78, 5) is 23.6. The summed E-state index contributed by atoms with van der Waals surface area (Å²) in [7, 11) is 0. The Bertz CT molecular complexity index is 733. The van der Waals surface area contributed by atoms with Gasteiger partial charge in [0.05, 0.1) is 0 Å².